The number of hydrogen-bond donors (Lipinski definition) is 1. The lowest BCUT2D eigenvalue weighted by atomic mass is 10.3. The number of piperazine rings is 1. The zero-order valence-electron chi connectivity index (χ0n) is 14.6. The number of amides is 1. The maximum absolute atomic E-state index is 12.5. The van der Waals surface area contributed by atoms with Gasteiger partial charge in [-0.3, -0.25) is 14.5 Å². The lowest BCUT2D eigenvalue weighted by molar-refractivity contribution is -0.120. The third kappa shape index (κ3) is 3.87. The Labute approximate surface area is 143 Å². The molecule has 0 radical (unpaired) electrons. The second-order valence-corrected chi connectivity index (χ2v) is 6.36. The highest BCUT2D eigenvalue weighted by molar-refractivity contribution is 5.98. The zero-order chi connectivity index (χ0) is 16.9. The normalized spacial score (nSPS) is 20.1. The van der Waals surface area contributed by atoms with Crippen LogP contribution in [0.2, 0.25) is 0 Å². The van der Waals surface area contributed by atoms with E-state index in [0.29, 0.717) is 13.1 Å². The molecule has 2 aliphatic rings. The third-order valence-electron chi connectivity index (χ3n) is 4.64. The molecule has 0 bridgehead atoms. The van der Waals surface area contributed by atoms with Crippen molar-refractivity contribution >= 4 is 17.6 Å². The van der Waals surface area contributed by atoms with E-state index < -0.39 is 0 Å². The van der Waals surface area contributed by atoms with E-state index in [0.717, 1.165) is 31.3 Å². The molecule has 1 aromatic rings. The van der Waals surface area contributed by atoms with Crippen molar-refractivity contribution in [3.05, 3.63) is 12.4 Å². The first-order valence-electron chi connectivity index (χ1n) is 8.64. The molecule has 8 heteroatoms. The fourth-order valence-corrected chi connectivity index (χ4v) is 3.34. The van der Waals surface area contributed by atoms with Gasteiger partial charge in [-0.05, 0) is 25.9 Å². The second-order valence-electron chi connectivity index (χ2n) is 6.36. The van der Waals surface area contributed by atoms with Crippen LogP contribution in [0.15, 0.2) is 17.4 Å². The maximum Gasteiger partial charge on any atom is 0.246 e. The molecule has 0 spiro atoms. The van der Waals surface area contributed by atoms with Crippen LogP contribution in [-0.2, 0) is 11.8 Å². The smallest absolute Gasteiger partial charge is 0.246 e. The number of guanidine groups is 1. The molecule has 0 atom stereocenters. The Morgan fingerprint density at radius 2 is 2.08 bits per heavy atom. The van der Waals surface area contributed by atoms with Crippen LogP contribution in [0, 0.1) is 0 Å². The molecule has 2 aliphatic heterocycles. The van der Waals surface area contributed by atoms with Crippen LogP contribution in [0.25, 0.3) is 0 Å². The summed E-state index contributed by atoms with van der Waals surface area (Å²) in [6, 6.07) is 0. The average Bonchev–Trinajstić information content (AvgIpc) is 3.23. The highest BCUT2D eigenvalue weighted by Crippen LogP contribution is 2.16. The Balaban J connectivity index is 1.50. The topological polar surface area (TPSA) is 69.0 Å². The summed E-state index contributed by atoms with van der Waals surface area (Å²) in [7, 11) is 3.63. The Morgan fingerprint density at radius 1 is 1.29 bits per heavy atom. The highest BCUT2D eigenvalue weighted by atomic mass is 16.2. The van der Waals surface area contributed by atoms with E-state index in [2.05, 4.69) is 20.3 Å². The molecule has 0 unspecified atom stereocenters. The number of nitrogens with one attached hydrogen (secondary N) is 1. The van der Waals surface area contributed by atoms with Gasteiger partial charge in [-0.1, -0.05) is 0 Å². The van der Waals surface area contributed by atoms with Gasteiger partial charge in [0.05, 0.1) is 11.9 Å². The molecular weight excluding hydrogens is 306 g/mol. The highest BCUT2D eigenvalue weighted by Gasteiger charge is 2.27. The van der Waals surface area contributed by atoms with E-state index in [4.69, 9.17) is 0 Å². The third-order valence-corrected chi connectivity index (χ3v) is 4.64. The van der Waals surface area contributed by atoms with Gasteiger partial charge in [-0.25, -0.2) is 0 Å². The summed E-state index contributed by atoms with van der Waals surface area (Å²) in [4.78, 5) is 23.1. The first-order chi connectivity index (χ1) is 11.7. The number of anilines is 1. The van der Waals surface area contributed by atoms with Gasteiger partial charge in [-0.2, -0.15) is 5.10 Å². The van der Waals surface area contributed by atoms with E-state index in [1.807, 2.05) is 18.1 Å². The van der Waals surface area contributed by atoms with Crippen molar-refractivity contribution < 1.29 is 4.79 Å². The van der Waals surface area contributed by atoms with E-state index >= 15 is 0 Å². The Hall–Kier alpha value is -2.09. The van der Waals surface area contributed by atoms with Gasteiger partial charge in [0.1, 0.15) is 6.54 Å². The van der Waals surface area contributed by atoms with Crippen LogP contribution >= 0.6 is 0 Å². The van der Waals surface area contributed by atoms with E-state index in [9.17, 15) is 4.79 Å². The molecule has 0 aromatic carbocycles. The minimum atomic E-state index is 0.0803. The van der Waals surface area contributed by atoms with Gasteiger partial charge in [0.25, 0.3) is 0 Å². The van der Waals surface area contributed by atoms with Crippen LogP contribution in [-0.4, -0.2) is 84.3 Å². The summed E-state index contributed by atoms with van der Waals surface area (Å²) < 4.78 is 1.72. The Kier molecular flexibility index (Phi) is 5.34. The molecule has 8 nitrogen and oxygen atoms in total. The lowest BCUT2D eigenvalue weighted by Gasteiger charge is -2.35. The predicted molar refractivity (Wildman–Crippen MR) is 94.2 cm³/mol. The molecule has 132 valence electrons. The molecule has 0 saturated carbocycles. The van der Waals surface area contributed by atoms with Crippen LogP contribution in [0.3, 0.4) is 0 Å². The van der Waals surface area contributed by atoms with Gasteiger partial charge in [-0.15, -0.1) is 0 Å². The van der Waals surface area contributed by atoms with Crippen LogP contribution < -0.4 is 10.2 Å². The van der Waals surface area contributed by atoms with Gasteiger partial charge < -0.3 is 20.0 Å². The van der Waals surface area contributed by atoms with Crippen molar-refractivity contribution in [2.24, 2.45) is 12.0 Å². The number of likely N-dealkylation sites (tertiary alicyclic amines) is 1. The quantitative estimate of drug-likeness (QED) is 0.607. The van der Waals surface area contributed by atoms with Crippen molar-refractivity contribution in [3.8, 4) is 0 Å². The van der Waals surface area contributed by atoms with E-state index in [1.54, 1.807) is 22.8 Å². The molecule has 1 aromatic heterocycles. The number of carbonyl (C=O) groups is 1. The van der Waals surface area contributed by atoms with Gasteiger partial charge in [0.15, 0.2) is 5.96 Å². The summed E-state index contributed by atoms with van der Waals surface area (Å²) >= 11 is 0. The number of nitrogens with zero attached hydrogens (tertiary/aromatic N) is 6. The molecule has 2 fully saturated rings. The Morgan fingerprint density at radius 3 is 2.71 bits per heavy atom. The largest absolute Gasteiger partial charge is 0.355 e. The first-order valence-corrected chi connectivity index (χ1v) is 8.64. The Bertz CT molecular complexity index is 591. The number of carbonyl (C=O) groups excluding carboxylic acids is 1. The maximum atomic E-state index is 12.5. The van der Waals surface area contributed by atoms with Crippen LogP contribution in [0.1, 0.15) is 12.8 Å². The fraction of sp³-hybridized carbons (Fsp3) is 0.688. The predicted octanol–water partition coefficient (Wildman–Crippen LogP) is -0.260. The van der Waals surface area contributed by atoms with Gasteiger partial charge in [0.2, 0.25) is 5.91 Å². The number of hydrogen-bond acceptors (Lipinski definition) is 4. The van der Waals surface area contributed by atoms with Crippen LogP contribution in [0.5, 0.6) is 0 Å². The van der Waals surface area contributed by atoms with E-state index in [-0.39, 0.29) is 5.91 Å². The molecular formula is C16H27N7O. The summed E-state index contributed by atoms with van der Waals surface area (Å²) in [5.41, 5.74) is 0.860. The average molecular weight is 333 g/mol. The second kappa shape index (κ2) is 7.65. The SMILES string of the molecule is CN=C(NCCN1CCCC1)N1CCN(c2cnn(C)c2)C(=O)C1. The number of aromatic nitrogens is 2. The molecule has 0 aliphatic carbocycles. The molecule has 1 amide bonds. The number of aryl methyl sites for hydroxylation is 1. The number of aliphatic imine (C=N–C) groups is 1. The van der Waals surface area contributed by atoms with Gasteiger partial charge in [0, 0.05) is 46.5 Å². The van der Waals surface area contributed by atoms with Crippen molar-refractivity contribution in [1.29, 1.82) is 0 Å². The van der Waals surface area contributed by atoms with Crippen molar-refractivity contribution in [2.45, 2.75) is 12.8 Å². The van der Waals surface area contributed by atoms with Crippen molar-refractivity contribution in [1.82, 2.24) is 24.9 Å². The lowest BCUT2D eigenvalue weighted by Crippen LogP contribution is -2.55. The minimum absolute atomic E-state index is 0.0803. The van der Waals surface area contributed by atoms with Crippen molar-refractivity contribution in [3.63, 3.8) is 0 Å². The van der Waals surface area contributed by atoms with E-state index in [1.165, 1.54) is 25.9 Å². The minimum Gasteiger partial charge on any atom is -0.355 e. The monoisotopic (exact) mass is 333 g/mol. The molecule has 3 rings (SSSR count). The zero-order valence-corrected chi connectivity index (χ0v) is 14.6. The standard InChI is InChI=1S/C16H27N7O/c1-17-16(18-5-8-21-6-3-4-7-21)22-9-10-23(15(24)13-22)14-11-19-20(2)12-14/h11-12H,3-10,13H2,1-2H3,(H,17,18). The summed E-state index contributed by atoms with van der Waals surface area (Å²) in [6.07, 6.45) is 6.21. The summed E-state index contributed by atoms with van der Waals surface area (Å²) in [6.45, 7) is 6.05. The molecule has 1 N–H and O–H groups in total. The molecule has 24 heavy (non-hydrogen) atoms. The summed E-state index contributed by atoms with van der Waals surface area (Å²) in [5.74, 6) is 0.894. The number of rotatable bonds is 4. The first kappa shape index (κ1) is 16.8. The molecule has 2 saturated heterocycles. The molecule has 3 heterocycles. The van der Waals surface area contributed by atoms with Crippen LogP contribution in [0.4, 0.5) is 5.69 Å². The fourth-order valence-electron chi connectivity index (χ4n) is 3.34. The summed E-state index contributed by atoms with van der Waals surface area (Å²) in [5, 5.41) is 7.54. The van der Waals surface area contributed by atoms with Crippen molar-refractivity contribution in [2.75, 3.05) is 57.8 Å². The van der Waals surface area contributed by atoms with Gasteiger partial charge >= 0.3 is 0 Å².